The molecule has 1 heterocycles. The Bertz CT molecular complexity index is 1910. The average molecular weight is 689 g/mol. The van der Waals surface area contributed by atoms with Crippen LogP contribution in [0.3, 0.4) is 0 Å². The molecule has 1 aliphatic heterocycles. The number of hydrogen-bond donors (Lipinski definition) is 1. The van der Waals surface area contributed by atoms with Gasteiger partial charge in [-0.15, -0.1) is 0 Å². The van der Waals surface area contributed by atoms with Crippen LogP contribution >= 0.6 is 34.8 Å². The van der Waals surface area contributed by atoms with Crippen molar-refractivity contribution >= 4 is 56.7 Å². The van der Waals surface area contributed by atoms with Crippen LogP contribution in [0.15, 0.2) is 77.7 Å². The fourth-order valence-electron chi connectivity index (χ4n) is 5.50. The first kappa shape index (κ1) is 31.0. The van der Waals surface area contributed by atoms with Crippen molar-refractivity contribution in [2.75, 3.05) is 13.9 Å². The van der Waals surface area contributed by atoms with E-state index >= 15 is 0 Å². The zero-order valence-electron chi connectivity index (χ0n) is 23.5. The van der Waals surface area contributed by atoms with E-state index in [4.69, 9.17) is 49.0 Å². The molecule has 232 valence electrons. The molecule has 45 heavy (non-hydrogen) atoms. The number of sulfonamides is 1. The fraction of sp³-hybridized carbons (Fsp3) is 0.188. The topological polar surface area (TPSA) is 117 Å². The maximum absolute atomic E-state index is 13.8. The largest absolute Gasteiger partial charge is 0.489 e. The highest BCUT2D eigenvalue weighted by molar-refractivity contribution is 7.90. The summed E-state index contributed by atoms with van der Waals surface area (Å²) in [5.41, 5.74) is 2.93. The van der Waals surface area contributed by atoms with Gasteiger partial charge in [0.15, 0.2) is 11.5 Å². The molecule has 0 spiro atoms. The Hall–Kier alpha value is -3.96. The second kappa shape index (κ2) is 12.4. The summed E-state index contributed by atoms with van der Waals surface area (Å²) in [6.07, 6.45) is 0.192. The van der Waals surface area contributed by atoms with Crippen molar-refractivity contribution in [3.8, 4) is 17.2 Å². The number of carbonyl (C=O) groups excluding carboxylic acids is 2. The van der Waals surface area contributed by atoms with E-state index < -0.39 is 33.7 Å². The first-order valence-corrected chi connectivity index (χ1v) is 16.2. The van der Waals surface area contributed by atoms with Gasteiger partial charge in [0.1, 0.15) is 12.4 Å². The van der Waals surface area contributed by atoms with Gasteiger partial charge in [-0.2, -0.15) is 0 Å². The normalized spacial score (nSPS) is 16.6. The van der Waals surface area contributed by atoms with Crippen LogP contribution in [-0.2, 0) is 32.6 Å². The smallest absolute Gasteiger partial charge is 0.337 e. The maximum Gasteiger partial charge on any atom is 0.337 e. The Balaban J connectivity index is 1.31. The number of esters is 1. The number of halogens is 3. The monoisotopic (exact) mass is 687 g/mol. The van der Waals surface area contributed by atoms with Gasteiger partial charge >= 0.3 is 5.97 Å². The molecule has 1 aliphatic carbocycles. The van der Waals surface area contributed by atoms with Crippen LogP contribution in [0.5, 0.6) is 17.2 Å². The third-order valence-corrected chi connectivity index (χ3v) is 10.1. The highest BCUT2D eigenvalue weighted by atomic mass is 35.5. The van der Waals surface area contributed by atoms with Crippen molar-refractivity contribution in [2.24, 2.45) is 5.92 Å². The summed E-state index contributed by atoms with van der Waals surface area (Å²) in [6.45, 7) is 0.148. The van der Waals surface area contributed by atoms with Gasteiger partial charge in [0, 0.05) is 32.6 Å². The maximum atomic E-state index is 13.8. The van der Waals surface area contributed by atoms with Gasteiger partial charge < -0.3 is 18.9 Å². The molecule has 0 saturated heterocycles. The number of methoxy groups -OCH3 is 1. The third-order valence-electron chi connectivity index (χ3n) is 7.72. The zero-order chi connectivity index (χ0) is 31.9. The van der Waals surface area contributed by atoms with Gasteiger partial charge in [-0.1, -0.05) is 46.9 Å². The van der Waals surface area contributed by atoms with Crippen molar-refractivity contribution in [3.63, 3.8) is 0 Å². The number of nitrogens with one attached hydrogen (secondary N) is 1. The fourth-order valence-corrected chi connectivity index (χ4v) is 7.31. The number of benzene rings is 4. The van der Waals surface area contributed by atoms with E-state index in [1.54, 1.807) is 42.5 Å². The van der Waals surface area contributed by atoms with Crippen LogP contribution in [0.2, 0.25) is 15.1 Å². The SMILES string of the molecule is COC(=O)c1ccc(S(=O)(=O)NC(=O)C2Cc3cc(OCc4c(Cl)cccc4Cl)ccc3C2c2cc3c(cc2Cl)OCO3)cc1. The third kappa shape index (κ3) is 6.15. The van der Waals surface area contributed by atoms with Gasteiger partial charge in [-0.05, 0) is 77.7 Å². The minimum absolute atomic E-state index is 0.0312. The Kier molecular flexibility index (Phi) is 8.58. The summed E-state index contributed by atoms with van der Waals surface area (Å²) in [4.78, 5) is 25.4. The highest BCUT2D eigenvalue weighted by Crippen LogP contribution is 2.49. The molecule has 4 aromatic rings. The average Bonchev–Trinajstić information content (AvgIpc) is 3.63. The van der Waals surface area contributed by atoms with E-state index in [0.29, 0.717) is 43.4 Å². The minimum atomic E-state index is -4.29. The minimum Gasteiger partial charge on any atom is -0.489 e. The number of amides is 1. The molecule has 13 heteroatoms. The zero-order valence-corrected chi connectivity index (χ0v) is 26.6. The predicted octanol–water partition coefficient (Wildman–Crippen LogP) is 6.55. The van der Waals surface area contributed by atoms with Crippen molar-refractivity contribution in [2.45, 2.75) is 23.8 Å². The molecular formula is C32H24Cl3NO8S. The van der Waals surface area contributed by atoms with Gasteiger partial charge in [0.2, 0.25) is 12.7 Å². The highest BCUT2D eigenvalue weighted by Gasteiger charge is 2.41. The standard InChI is InChI=1S/C32H24Cl3NO8S/c1-41-32(38)17-5-8-20(9-6-17)45(39,40)36-31(37)23-12-18-11-19(42-15-24-25(33)3-2-4-26(24)34)7-10-21(18)30(23)22-13-28-29(14-27(22)35)44-16-43-28/h2-11,13-14,23,30H,12,15-16H2,1H3,(H,36,37). The summed E-state index contributed by atoms with van der Waals surface area (Å²) >= 11 is 19.3. The van der Waals surface area contributed by atoms with E-state index in [0.717, 1.165) is 11.1 Å². The lowest BCUT2D eigenvalue weighted by molar-refractivity contribution is -0.123. The van der Waals surface area contributed by atoms with Crippen LogP contribution in [0, 0.1) is 5.92 Å². The van der Waals surface area contributed by atoms with Crippen molar-refractivity contribution in [1.29, 1.82) is 0 Å². The second-order valence-corrected chi connectivity index (χ2v) is 13.3. The van der Waals surface area contributed by atoms with Crippen LogP contribution < -0.4 is 18.9 Å². The predicted molar refractivity (Wildman–Crippen MR) is 167 cm³/mol. The molecule has 0 saturated carbocycles. The van der Waals surface area contributed by atoms with E-state index in [1.165, 1.54) is 31.4 Å². The van der Waals surface area contributed by atoms with Crippen molar-refractivity contribution in [1.82, 2.24) is 4.72 Å². The lowest BCUT2D eigenvalue weighted by Crippen LogP contribution is -2.37. The number of hydrogen-bond acceptors (Lipinski definition) is 8. The van der Waals surface area contributed by atoms with Gasteiger partial charge in [0.05, 0.1) is 23.5 Å². The molecule has 0 fully saturated rings. The second-order valence-electron chi connectivity index (χ2n) is 10.4. The van der Waals surface area contributed by atoms with Crippen LogP contribution in [0.1, 0.15) is 38.5 Å². The quantitative estimate of drug-likeness (QED) is 0.207. The summed E-state index contributed by atoms with van der Waals surface area (Å²) in [5.74, 6) is -1.37. The number of fused-ring (bicyclic) bond motifs is 2. The lowest BCUT2D eigenvalue weighted by atomic mass is 9.85. The molecule has 1 amide bonds. The number of carbonyl (C=O) groups is 2. The van der Waals surface area contributed by atoms with Gasteiger partial charge in [-0.25, -0.2) is 17.9 Å². The molecule has 2 atom stereocenters. The molecule has 4 aromatic carbocycles. The van der Waals surface area contributed by atoms with Crippen LogP contribution in [0.4, 0.5) is 0 Å². The molecule has 9 nitrogen and oxygen atoms in total. The van der Waals surface area contributed by atoms with Gasteiger partial charge in [0.25, 0.3) is 10.0 Å². The molecule has 2 unspecified atom stereocenters. The number of ether oxygens (including phenoxy) is 4. The summed E-state index contributed by atoms with van der Waals surface area (Å²) < 4.78 is 50.4. The molecule has 2 aliphatic rings. The Morgan fingerprint density at radius 1 is 0.889 bits per heavy atom. The van der Waals surface area contributed by atoms with Crippen LogP contribution in [0.25, 0.3) is 0 Å². The van der Waals surface area contributed by atoms with E-state index in [-0.39, 0.29) is 30.3 Å². The molecule has 0 bridgehead atoms. The first-order valence-electron chi connectivity index (χ1n) is 13.6. The molecular weight excluding hydrogens is 665 g/mol. The van der Waals surface area contributed by atoms with E-state index in [1.807, 2.05) is 6.07 Å². The Morgan fingerprint density at radius 3 is 2.27 bits per heavy atom. The molecule has 6 rings (SSSR count). The van der Waals surface area contributed by atoms with Crippen molar-refractivity contribution in [3.05, 3.63) is 116 Å². The first-order chi connectivity index (χ1) is 21.6. The Morgan fingerprint density at radius 2 is 1.58 bits per heavy atom. The lowest BCUT2D eigenvalue weighted by Gasteiger charge is -2.22. The molecule has 1 N–H and O–H groups in total. The summed E-state index contributed by atoms with van der Waals surface area (Å²) in [7, 11) is -3.07. The van der Waals surface area contributed by atoms with Gasteiger partial charge in [-0.3, -0.25) is 4.79 Å². The Labute approximate surface area is 274 Å². The van der Waals surface area contributed by atoms with Crippen LogP contribution in [-0.4, -0.2) is 34.2 Å². The summed E-state index contributed by atoms with van der Waals surface area (Å²) in [5, 5.41) is 1.28. The molecule has 0 aromatic heterocycles. The number of rotatable bonds is 8. The molecule has 0 radical (unpaired) electrons. The van der Waals surface area contributed by atoms with E-state index in [2.05, 4.69) is 9.46 Å². The van der Waals surface area contributed by atoms with Crippen molar-refractivity contribution < 1.29 is 37.0 Å². The van der Waals surface area contributed by atoms with E-state index in [9.17, 15) is 18.0 Å². The summed E-state index contributed by atoms with van der Waals surface area (Å²) in [6, 6.07) is 19.0.